The lowest BCUT2D eigenvalue weighted by Crippen LogP contribution is -2.21. The first-order chi connectivity index (χ1) is 14.7. The second-order valence-corrected chi connectivity index (χ2v) is 6.38. The molecule has 0 aliphatic carbocycles. The first-order valence-electron chi connectivity index (χ1n) is 8.68. The lowest BCUT2D eigenvalue weighted by atomic mass is 10.1. The van der Waals surface area contributed by atoms with E-state index in [0.717, 1.165) is 24.3 Å². The van der Waals surface area contributed by atoms with Crippen molar-refractivity contribution in [2.24, 2.45) is 0 Å². The van der Waals surface area contributed by atoms with Crippen molar-refractivity contribution in [3.63, 3.8) is 0 Å². The Morgan fingerprint density at radius 3 is 2.42 bits per heavy atom. The minimum absolute atomic E-state index is 0.0955. The fraction of sp³-hybridized carbons (Fsp3) is 0.111. The van der Waals surface area contributed by atoms with Gasteiger partial charge >= 0.3 is 6.18 Å². The summed E-state index contributed by atoms with van der Waals surface area (Å²) in [7, 11) is 0. The molecule has 31 heavy (non-hydrogen) atoms. The Morgan fingerprint density at radius 2 is 1.81 bits per heavy atom. The summed E-state index contributed by atoms with van der Waals surface area (Å²) in [5, 5.41) is 20.1. The van der Waals surface area contributed by atoms with Gasteiger partial charge in [-0.15, -0.1) is 10.2 Å². The molecule has 4 rings (SSSR count). The zero-order valence-electron chi connectivity index (χ0n) is 15.7. The number of amides is 1. The number of nitrogens with zero attached hydrogens (tertiary/aromatic N) is 7. The van der Waals surface area contributed by atoms with Gasteiger partial charge in [-0.25, -0.2) is 13.8 Å². The number of benzene rings is 2. The molecule has 158 valence electrons. The predicted molar refractivity (Wildman–Crippen MR) is 98.2 cm³/mol. The highest BCUT2D eigenvalue weighted by Gasteiger charge is 2.42. The second kappa shape index (κ2) is 7.59. The molecule has 4 aromatic rings. The van der Waals surface area contributed by atoms with Crippen LogP contribution >= 0.6 is 0 Å². The van der Waals surface area contributed by atoms with Crippen LogP contribution < -0.4 is 5.32 Å². The highest BCUT2D eigenvalue weighted by molar-refractivity contribution is 6.03. The molecule has 0 unspecified atom stereocenters. The van der Waals surface area contributed by atoms with Gasteiger partial charge in [0.2, 0.25) is 0 Å². The van der Waals surface area contributed by atoms with Gasteiger partial charge < -0.3 is 5.32 Å². The number of halogens is 4. The Kier molecular flexibility index (Phi) is 4.93. The Morgan fingerprint density at radius 1 is 1.06 bits per heavy atom. The molecule has 2 aromatic heterocycles. The SMILES string of the molecule is Cc1cc(NC(=O)c2nnn(-c3ccc(F)cc3)c2C(F)(F)F)ccc1-n1cnnn1. The summed E-state index contributed by atoms with van der Waals surface area (Å²) in [6.45, 7) is 1.72. The normalized spacial score (nSPS) is 11.5. The summed E-state index contributed by atoms with van der Waals surface area (Å²) >= 11 is 0. The van der Waals surface area contributed by atoms with Crippen molar-refractivity contribution < 1.29 is 22.4 Å². The van der Waals surface area contributed by atoms with Gasteiger partial charge in [-0.2, -0.15) is 13.2 Å². The van der Waals surface area contributed by atoms with Crippen molar-refractivity contribution in [2.75, 3.05) is 5.32 Å². The van der Waals surface area contributed by atoms with E-state index in [1.165, 1.54) is 17.1 Å². The lowest BCUT2D eigenvalue weighted by Gasteiger charge is -2.12. The van der Waals surface area contributed by atoms with E-state index in [2.05, 4.69) is 31.2 Å². The number of tetrazole rings is 1. The van der Waals surface area contributed by atoms with Crippen LogP contribution in [0.15, 0.2) is 48.8 Å². The molecule has 1 amide bonds. The Bertz CT molecular complexity index is 1230. The summed E-state index contributed by atoms with van der Waals surface area (Å²) in [5.74, 6) is -1.73. The van der Waals surface area contributed by atoms with Crippen LogP contribution in [-0.2, 0) is 6.18 Å². The van der Waals surface area contributed by atoms with Crippen molar-refractivity contribution >= 4 is 11.6 Å². The maximum atomic E-state index is 13.7. The van der Waals surface area contributed by atoms with E-state index < -0.39 is 29.3 Å². The Hall–Kier alpha value is -4.16. The average molecular weight is 432 g/mol. The minimum atomic E-state index is -4.94. The molecular weight excluding hydrogens is 420 g/mol. The molecule has 2 heterocycles. The van der Waals surface area contributed by atoms with Crippen LogP contribution in [-0.4, -0.2) is 41.1 Å². The minimum Gasteiger partial charge on any atom is -0.321 e. The molecular formula is C18H12F4N8O. The number of rotatable bonds is 4. The number of carbonyl (C=O) groups is 1. The number of anilines is 1. The lowest BCUT2D eigenvalue weighted by molar-refractivity contribution is -0.143. The molecule has 0 saturated heterocycles. The van der Waals surface area contributed by atoms with Crippen molar-refractivity contribution in [3.05, 3.63) is 71.6 Å². The molecule has 0 spiro atoms. The fourth-order valence-corrected chi connectivity index (χ4v) is 2.90. The first kappa shape index (κ1) is 20.1. The van der Waals surface area contributed by atoms with Gasteiger partial charge in [0.05, 0.1) is 11.4 Å². The van der Waals surface area contributed by atoms with Gasteiger partial charge in [0.15, 0.2) is 11.4 Å². The molecule has 0 aliphatic rings. The number of aromatic nitrogens is 7. The molecule has 0 bridgehead atoms. The molecule has 0 aliphatic heterocycles. The van der Waals surface area contributed by atoms with Crippen LogP contribution in [0.5, 0.6) is 0 Å². The molecule has 13 heteroatoms. The molecule has 0 fully saturated rings. The molecule has 1 N–H and O–H groups in total. The van der Waals surface area contributed by atoms with Gasteiger partial charge in [-0.1, -0.05) is 5.21 Å². The van der Waals surface area contributed by atoms with Gasteiger partial charge in [0.25, 0.3) is 5.91 Å². The zero-order valence-corrected chi connectivity index (χ0v) is 15.7. The molecule has 2 aromatic carbocycles. The highest BCUT2D eigenvalue weighted by Crippen LogP contribution is 2.33. The predicted octanol–water partition coefficient (Wildman–Crippen LogP) is 2.96. The topological polar surface area (TPSA) is 103 Å². The maximum absolute atomic E-state index is 13.7. The van der Waals surface area contributed by atoms with Gasteiger partial charge in [0.1, 0.15) is 12.1 Å². The third kappa shape index (κ3) is 3.97. The van der Waals surface area contributed by atoms with Crippen molar-refractivity contribution in [1.82, 2.24) is 35.2 Å². The van der Waals surface area contributed by atoms with E-state index >= 15 is 0 Å². The summed E-state index contributed by atoms with van der Waals surface area (Å²) in [5.41, 5.74) is -0.860. The highest BCUT2D eigenvalue weighted by atomic mass is 19.4. The van der Waals surface area contributed by atoms with Crippen LogP contribution in [0.3, 0.4) is 0 Å². The van der Waals surface area contributed by atoms with Crippen LogP contribution in [0, 0.1) is 12.7 Å². The quantitative estimate of drug-likeness (QED) is 0.498. The average Bonchev–Trinajstić information content (AvgIpc) is 3.38. The van der Waals surface area contributed by atoms with Crippen LogP contribution in [0.2, 0.25) is 0 Å². The van der Waals surface area contributed by atoms with E-state index in [1.54, 1.807) is 19.1 Å². The third-order valence-corrected chi connectivity index (χ3v) is 4.28. The Balaban J connectivity index is 1.66. The fourth-order valence-electron chi connectivity index (χ4n) is 2.90. The van der Waals surface area contributed by atoms with E-state index in [9.17, 15) is 22.4 Å². The summed E-state index contributed by atoms with van der Waals surface area (Å²) in [6.07, 6.45) is -3.56. The zero-order chi connectivity index (χ0) is 22.2. The molecule has 9 nitrogen and oxygen atoms in total. The van der Waals surface area contributed by atoms with E-state index in [4.69, 9.17) is 0 Å². The monoisotopic (exact) mass is 432 g/mol. The third-order valence-electron chi connectivity index (χ3n) is 4.28. The number of alkyl halides is 3. The van der Waals surface area contributed by atoms with Gasteiger partial charge in [-0.05, 0) is 65.4 Å². The Labute approximate surface area is 171 Å². The number of hydrogen-bond acceptors (Lipinski definition) is 6. The van der Waals surface area contributed by atoms with E-state index in [-0.39, 0.29) is 11.4 Å². The van der Waals surface area contributed by atoms with Crippen molar-refractivity contribution in [1.29, 1.82) is 0 Å². The smallest absolute Gasteiger partial charge is 0.321 e. The molecule has 0 radical (unpaired) electrons. The van der Waals surface area contributed by atoms with Crippen molar-refractivity contribution in [3.8, 4) is 11.4 Å². The molecule has 0 saturated carbocycles. The van der Waals surface area contributed by atoms with Crippen molar-refractivity contribution in [2.45, 2.75) is 13.1 Å². The van der Waals surface area contributed by atoms with E-state index in [1.807, 2.05) is 0 Å². The summed E-state index contributed by atoms with van der Waals surface area (Å²) in [6, 6.07) is 8.79. The summed E-state index contributed by atoms with van der Waals surface area (Å²) < 4.78 is 56.1. The van der Waals surface area contributed by atoms with Gasteiger partial charge in [0, 0.05) is 5.69 Å². The molecule has 0 atom stereocenters. The van der Waals surface area contributed by atoms with Crippen LogP contribution in [0.1, 0.15) is 21.7 Å². The van der Waals surface area contributed by atoms with Gasteiger partial charge in [-0.3, -0.25) is 4.79 Å². The second-order valence-electron chi connectivity index (χ2n) is 6.38. The maximum Gasteiger partial charge on any atom is 0.435 e. The van der Waals surface area contributed by atoms with Crippen LogP contribution in [0.4, 0.5) is 23.2 Å². The standard InChI is InChI=1S/C18H12F4N8O/c1-10-8-12(4-7-14(10)29-9-23-26-28-29)24-17(31)15-16(18(20,21)22)30(27-25-15)13-5-2-11(19)3-6-13/h2-9H,1H3,(H,24,31). The number of hydrogen-bond donors (Lipinski definition) is 1. The van der Waals surface area contributed by atoms with E-state index in [0.29, 0.717) is 15.9 Å². The largest absolute Gasteiger partial charge is 0.435 e. The summed E-state index contributed by atoms with van der Waals surface area (Å²) in [4.78, 5) is 12.6. The number of aryl methyl sites for hydroxylation is 1. The first-order valence-corrected chi connectivity index (χ1v) is 8.68. The number of carbonyl (C=O) groups excluding carboxylic acids is 1. The number of nitrogens with one attached hydrogen (secondary N) is 1. The van der Waals surface area contributed by atoms with Crippen LogP contribution in [0.25, 0.3) is 11.4 Å².